The van der Waals surface area contributed by atoms with Crippen LogP contribution in [0.3, 0.4) is 0 Å². The fourth-order valence-corrected chi connectivity index (χ4v) is 3.26. The number of pyridine rings is 2. The molecule has 134 valence electrons. The number of carbonyl (C=O) groups is 1. The second-order valence-electron chi connectivity index (χ2n) is 6.18. The molecule has 1 saturated heterocycles. The molecule has 1 fully saturated rings. The molecule has 0 bridgehead atoms. The van der Waals surface area contributed by atoms with Crippen LogP contribution in [0.4, 0.5) is 5.69 Å². The van der Waals surface area contributed by atoms with Gasteiger partial charge in [0.05, 0.1) is 23.2 Å². The number of aryl methyl sites for hydroxylation is 1. The Kier molecular flexibility index (Phi) is 5.03. The van der Waals surface area contributed by atoms with Gasteiger partial charge in [-0.3, -0.25) is 9.36 Å². The number of piperazine rings is 1. The van der Waals surface area contributed by atoms with Gasteiger partial charge in [0.15, 0.2) is 0 Å². The van der Waals surface area contributed by atoms with E-state index < -0.39 is 0 Å². The van der Waals surface area contributed by atoms with Gasteiger partial charge in [-0.2, -0.15) is 0 Å². The average Bonchev–Trinajstić information content (AvgIpc) is 2.61. The molecular formula is C18H24N4O3. The van der Waals surface area contributed by atoms with Crippen molar-refractivity contribution in [3.05, 3.63) is 34.2 Å². The number of aromatic nitrogens is 2. The topological polar surface area (TPSA) is 67.7 Å². The van der Waals surface area contributed by atoms with Gasteiger partial charge in [-0.05, 0) is 27.0 Å². The number of hydrogen-bond donors (Lipinski definition) is 0. The summed E-state index contributed by atoms with van der Waals surface area (Å²) in [5.74, 6) is -0.383. The SMILES string of the molecule is CCOC(=O)c1ccnc2c1c(N1CCN(C)CC1)cc(=O)n2CC. The number of nitrogens with zero attached hydrogens (tertiary/aromatic N) is 4. The minimum Gasteiger partial charge on any atom is -0.462 e. The molecule has 0 amide bonds. The number of carbonyl (C=O) groups excluding carboxylic acids is 1. The van der Waals surface area contributed by atoms with E-state index in [9.17, 15) is 9.59 Å². The van der Waals surface area contributed by atoms with E-state index in [1.54, 1.807) is 29.8 Å². The maximum Gasteiger partial charge on any atom is 0.339 e. The monoisotopic (exact) mass is 344 g/mol. The van der Waals surface area contributed by atoms with Crippen molar-refractivity contribution in [2.24, 2.45) is 0 Å². The molecule has 0 atom stereocenters. The second kappa shape index (κ2) is 7.23. The van der Waals surface area contributed by atoms with Crippen LogP contribution in [-0.2, 0) is 11.3 Å². The molecule has 25 heavy (non-hydrogen) atoms. The molecule has 1 aliphatic rings. The number of anilines is 1. The number of rotatable bonds is 4. The minimum absolute atomic E-state index is 0.0996. The maximum absolute atomic E-state index is 12.6. The highest BCUT2D eigenvalue weighted by Gasteiger charge is 2.23. The maximum atomic E-state index is 12.6. The summed E-state index contributed by atoms with van der Waals surface area (Å²) >= 11 is 0. The summed E-state index contributed by atoms with van der Waals surface area (Å²) in [6, 6.07) is 3.30. The lowest BCUT2D eigenvalue weighted by Crippen LogP contribution is -2.45. The van der Waals surface area contributed by atoms with Crippen molar-refractivity contribution in [3.63, 3.8) is 0 Å². The zero-order chi connectivity index (χ0) is 18.0. The van der Waals surface area contributed by atoms with Gasteiger partial charge in [-0.15, -0.1) is 0 Å². The van der Waals surface area contributed by atoms with Crippen molar-refractivity contribution in [2.75, 3.05) is 44.7 Å². The molecule has 7 nitrogen and oxygen atoms in total. The molecule has 0 spiro atoms. The van der Waals surface area contributed by atoms with Crippen LogP contribution in [0, 0.1) is 0 Å². The van der Waals surface area contributed by atoms with Crippen LogP contribution in [0.1, 0.15) is 24.2 Å². The number of fused-ring (bicyclic) bond motifs is 1. The molecule has 0 aromatic carbocycles. The molecular weight excluding hydrogens is 320 g/mol. The van der Waals surface area contributed by atoms with Gasteiger partial charge in [-0.1, -0.05) is 0 Å². The fraction of sp³-hybridized carbons (Fsp3) is 0.500. The van der Waals surface area contributed by atoms with Gasteiger partial charge in [0.25, 0.3) is 5.56 Å². The Labute approximate surface area is 146 Å². The third-order valence-corrected chi connectivity index (χ3v) is 4.62. The molecule has 1 aliphatic heterocycles. The van der Waals surface area contributed by atoms with Crippen molar-refractivity contribution >= 4 is 22.7 Å². The molecule has 3 rings (SSSR count). The van der Waals surface area contributed by atoms with Gasteiger partial charge in [0.2, 0.25) is 0 Å². The predicted octanol–water partition coefficient (Wildman–Crippen LogP) is 1.34. The van der Waals surface area contributed by atoms with Crippen LogP contribution in [0.2, 0.25) is 0 Å². The lowest BCUT2D eigenvalue weighted by Gasteiger charge is -2.34. The van der Waals surface area contributed by atoms with Crippen LogP contribution in [0.25, 0.3) is 11.0 Å². The zero-order valence-corrected chi connectivity index (χ0v) is 15.0. The Morgan fingerprint density at radius 1 is 1.24 bits per heavy atom. The summed E-state index contributed by atoms with van der Waals surface area (Å²) in [7, 11) is 2.08. The van der Waals surface area contributed by atoms with Crippen molar-refractivity contribution in [1.29, 1.82) is 0 Å². The van der Waals surface area contributed by atoms with Crippen LogP contribution >= 0.6 is 0 Å². The average molecular weight is 344 g/mol. The molecule has 0 saturated carbocycles. The van der Waals surface area contributed by atoms with E-state index in [0.717, 1.165) is 31.9 Å². The normalized spacial score (nSPS) is 15.6. The molecule has 0 N–H and O–H groups in total. The fourth-order valence-electron chi connectivity index (χ4n) is 3.26. The molecule has 0 radical (unpaired) electrons. The van der Waals surface area contributed by atoms with Gasteiger partial charge in [0, 0.05) is 45.0 Å². The molecule has 2 aromatic heterocycles. The minimum atomic E-state index is -0.383. The zero-order valence-electron chi connectivity index (χ0n) is 15.0. The first kappa shape index (κ1) is 17.4. The summed E-state index contributed by atoms with van der Waals surface area (Å²) in [6.45, 7) is 7.91. The Bertz CT molecular complexity index is 838. The first-order valence-electron chi connectivity index (χ1n) is 8.70. The quantitative estimate of drug-likeness (QED) is 0.780. The highest BCUT2D eigenvalue weighted by molar-refractivity contribution is 6.07. The van der Waals surface area contributed by atoms with Crippen LogP contribution in [-0.4, -0.2) is 60.3 Å². The van der Waals surface area contributed by atoms with Crippen molar-refractivity contribution in [1.82, 2.24) is 14.5 Å². The molecule has 3 heterocycles. The Hall–Kier alpha value is -2.41. The number of hydrogen-bond acceptors (Lipinski definition) is 6. The summed E-state index contributed by atoms with van der Waals surface area (Å²) in [5.41, 5.74) is 1.67. The van der Waals surface area contributed by atoms with Gasteiger partial charge < -0.3 is 14.5 Å². The Balaban J connectivity index is 2.24. The summed E-state index contributed by atoms with van der Waals surface area (Å²) in [6.07, 6.45) is 1.56. The Morgan fingerprint density at radius 3 is 2.60 bits per heavy atom. The van der Waals surface area contributed by atoms with E-state index in [-0.39, 0.29) is 11.5 Å². The van der Waals surface area contributed by atoms with Crippen LogP contribution in [0.5, 0.6) is 0 Å². The highest BCUT2D eigenvalue weighted by Crippen LogP contribution is 2.28. The largest absolute Gasteiger partial charge is 0.462 e. The lowest BCUT2D eigenvalue weighted by molar-refractivity contribution is 0.0528. The summed E-state index contributed by atoms with van der Waals surface area (Å²) in [4.78, 5) is 33.8. The standard InChI is InChI=1S/C18H24N4O3/c1-4-22-15(23)12-14(21-10-8-20(3)9-11-21)16-13(18(24)25-5-2)6-7-19-17(16)22/h6-7,12H,4-5,8-11H2,1-3H3. The predicted molar refractivity (Wildman–Crippen MR) is 97.3 cm³/mol. The van der Waals surface area contributed by atoms with Gasteiger partial charge in [-0.25, -0.2) is 9.78 Å². The van der Waals surface area contributed by atoms with Crippen molar-refractivity contribution < 1.29 is 9.53 Å². The van der Waals surface area contributed by atoms with Crippen molar-refractivity contribution in [3.8, 4) is 0 Å². The Morgan fingerprint density at radius 2 is 1.96 bits per heavy atom. The van der Waals surface area contributed by atoms with Crippen LogP contribution in [0.15, 0.2) is 23.1 Å². The highest BCUT2D eigenvalue weighted by atomic mass is 16.5. The van der Waals surface area contributed by atoms with Gasteiger partial charge in [0.1, 0.15) is 5.65 Å². The van der Waals surface area contributed by atoms with Crippen LogP contribution < -0.4 is 10.5 Å². The molecule has 2 aromatic rings. The second-order valence-corrected chi connectivity index (χ2v) is 6.18. The lowest BCUT2D eigenvalue weighted by atomic mass is 10.1. The molecule has 0 aliphatic carbocycles. The first-order chi connectivity index (χ1) is 12.1. The summed E-state index contributed by atoms with van der Waals surface area (Å²) in [5, 5.41) is 0.701. The third-order valence-electron chi connectivity index (χ3n) is 4.62. The van der Waals surface area contributed by atoms with Crippen molar-refractivity contribution in [2.45, 2.75) is 20.4 Å². The van der Waals surface area contributed by atoms with E-state index >= 15 is 0 Å². The summed E-state index contributed by atoms with van der Waals surface area (Å²) < 4.78 is 6.81. The molecule has 7 heteroatoms. The van der Waals surface area contributed by atoms with E-state index in [4.69, 9.17) is 4.74 Å². The van der Waals surface area contributed by atoms with E-state index in [2.05, 4.69) is 21.8 Å². The number of esters is 1. The smallest absolute Gasteiger partial charge is 0.339 e. The van der Waals surface area contributed by atoms with E-state index in [1.165, 1.54) is 0 Å². The number of likely N-dealkylation sites (N-methyl/N-ethyl adjacent to an activating group) is 1. The third kappa shape index (κ3) is 3.24. The molecule has 0 unspecified atom stereocenters. The van der Waals surface area contributed by atoms with E-state index in [1.807, 2.05) is 6.92 Å². The first-order valence-corrected chi connectivity index (χ1v) is 8.70. The number of ether oxygens (including phenoxy) is 1. The van der Waals surface area contributed by atoms with E-state index in [0.29, 0.717) is 29.7 Å². The van der Waals surface area contributed by atoms with Gasteiger partial charge >= 0.3 is 5.97 Å².